The number of nitrogens with zero attached hydrogens (tertiary/aromatic N) is 3. The number of carbonyl (C=O) groups excluding carboxylic acids is 1. The number of hydrogen-bond acceptors (Lipinski definition) is 5. The highest BCUT2D eigenvalue weighted by molar-refractivity contribution is 5.90. The topological polar surface area (TPSA) is 92.8 Å². The molecule has 2 aromatic heterocycles. The van der Waals surface area contributed by atoms with Crippen molar-refractivity contribution in [3.63, 3.8) is 0 Å². The molecule has 1 aliphatic heterocycles. The van der Waals surface area contributed by atoms with Crippen LogP contribution < -0.4 is 5.32 Å². The molecule has 0 spiro atoms. The molecule has 3 rings (SSSR count). The third-order valence-electron chi connectivity index (χ3n) is 3.05. The van der Waals surface area contributed by atoms with E-state index in [1.165, 1.54) is 6.33 Å². The fourth-order valence-corrected chi connectivity index (χ4v) is 2.16. The number of aromatic amines is 1. The van der Waals surface area contributed by atoms with Gasteiger partial charge in [-0.2, -0.15) is 5.10 Å². The van der Waals surface area contributed by atoms with Gasteiger partial charge in [-0.05, 0) is 12.5 Å². The van der Waals surface area contributed by atoms with Crippen LogP contribution in [0.3, 0.4) is 0 Å². The number of H-pyrrole nitrogens is 1. The summed E-state index contributed by atoms with van der Waals surface area (Å²) in [5.74, 6) is -0.0706. The minimum Gasteiger partial charge on any atom is -0.371 e. The summed E-state index contributed by atoms with van der Waals surface area (Å²) in [4.78, 5) is 19.8. The van der Waals surface area contributed by atoms with Crippen molar-refractivity contribution in [1.82, 2.24) is 25.5 Å². The highest BCUT2D eigenvalue weighted by atomic mass is 16.5. The quantitative estimate of drug-likeness (QED) is 0.835. The van der Waals surface area contributed by atoms with Gasteiger partial charge in [0.05, 0.1) is 6.04 Å². The van der Waals surface area contributed by atoms with Gasteiger partial charge in [0.25, 0.3) is 5.91 Å². The van der Waals surface area contributed by atoms with Crippen molar-refractivity contribution in [2.75, 3.05) is 6.61 Å². The van der Waals surface area contributed by atoms with Crippen molar-refractivity contribution in [1.29, 1.82) is 0 Å². The lowest BCUT2D eigenvalue weighted by molar-refractivity contribution is 0.0813. The van der Waals surface area contributed by atoms with Gasteiger partial charge in [-0.15, -0.1) is 0 Å². The summed E-state index contributed by atoms with van der Waals surface area (Å²) in [6.07, 6.45) is 5.36. The van der Waals surface area contributed by atoms with Crippen molar-refractivity contribution >= 4 is 5.91 Å². The predicted octanol–water partition coefficient (Wildman–Crippen LogP) is 0.460. The Bertz CT molecular complexity index is 543. The molecule has 1 aliphatic rings. The van der Waals surface area contributed by atoms with E-state index in [4.69, 9.17) is 4.74 Å². The van der Waals surface area contributed by atoms with Gasteiger partial charge in [0.1, 0.15) is 12.4 Å². The molecule has 7 heteroatoms. The van der Waals surface area contributed by atoms with Crippen LogP contribution in [0.5, 0.6) is 0 Å². The van der Waals surface area contributed by atoms with Gasteiger partial charge in [0, 0.05) is 24.6 Å². The zero-order valence-corrected chi connectivity index (χ0v) is 10.1. The van der Waals surface area contributed by atoms with Gasteiger partial charge in [-0.3, -0.25) is 14.9 Å². The first-order valence-corrected chi connectivity index (χ1v) is 6.02. The SMILES string of the molecule is O=C(N[C@H]1CCO[C@@H]1c1cccnc1)c1ncn[nH]1. The maximum absolute atomic E-state index is 11.9. The second-order valence-corrected chi connectivity index (χ2v) is 4.28. The van der Waals surface area contributed by atoms with Crippen LogP contribution in [-0.4, -0.2) is 38.7 Å². The summed E-state index contributed by atoms with van der Waals surface area (Å²) in [6, 6.07) is 3.71. The molecule has 1 amide bonds. The molecule has 0 radical (unpaired) electrons. The average Bonchev–Trinajstić information content (AvgIpc) is 3.11. The van der Waals surface area contributed by atoms with Crippen molar-refractivity contribution in [2.45, 2.75) is 18.6 Å². The van der Waals surface area contributed by atoms with Gasteiger partial charge in [0.2, 0.25) is 5.82 Å². The molecule has 2 atom stereocenters. The number of aromatic nitrogens is 4. The lowest BCUT2D eigenvalue weighted by Gasteiger charge is -2.19. The molecule has 2 aromatic rings. The lowest BCUT2D eigenvalue weighted by Crippen LogP contribution is -2.37. The van der Waals surface area contributed by atoms with Gasteiger partial charge >= 0.3 is 0 Å². The number of rotatable bonds is 3. The molecule has 0 aliphatic carbocycles. The number of amides is 1. The molecule has 7 nitrogen and oxygen atoms in total. The van der Waals surface area contributed by atoms with Gasteiger partial charge in [-0.25, -0.2) is 4.98 Å². The Hall–Kier alpha value is -2.28. The van der Waals surface area contributed by atoms with E-state index in [0.29, 0.717) is 6.61 Å². The van der Waals surface area contributed by atoms with Crippen LogP contribution in [0.1, 0.15) is 28.7 Å². The van der Waals surface area contributed by atoms with Gasteiger partial charge in [0.15, 0.2) is 0 Å². The zero-order chi connectivity index (χ0) is 13.1. The maximum Gasteiger partial charge on any atom is 0.288 e. The zero-order valence-electron chi connectivity index (χ0n) is 10.1. The fraction of sp³-hybridized carbons (Fsp3) is 0.333. The molecule has 1 fully saturated rings. The second-order valence-electron chi connectivity index (χ2n) is 4.28. The fourth-order valence-electron chi connectivity index (χ4n) is 2.16. The van der Waals surface area contributed by atoms with Crippen LogP contribution in [0.2, 0.25) is 0 Å². The molecular formula is C12H13N5O2. The van der Waals surface area contributed by atoms with Crippen LogP contribution in [-0.2, 0) is 4.74 Å². The van der Waals surface area contributed by atoms with E-state index < -0.39 is 0 Å². The third kappa shape index (κ3) is 2.45. The number of ether oxygens (including phenoxy) is 1. The molecule has 3 heterocycles. The van der Waals surface area contributed by atoms with E-state index >= 15 is 0 Å². The van der Waals surface area contributed by atoms with E-state index in [1.54, 1.807) is 12.4 Å². The minimum absolute atomic E-state index is 0.0817. The Balaban J connectivity index is 1.72. The molecule has 0 saturated carbocycles. The Kier molecular flexibility index (Phi) is 3.20. The first-order chi connectivity index (χ1) is 9.34. The lowest BCUT2D eigenvalue weighted by atomic mass is 10.0. The van der Waals surface area contributed by atoms with Crippen LogP contribution in [0.25, 0.3) is 0 Å². The van der Waals surface area contributed by atoms with Gasteiger partial charge in [-0.1, -0.05) is 6.07 Å². The summed E-state index contributed by atoms with van der Waals surface area (Å²) < 4.78 is 5.67. The van der Waals surface area contributed by atoms with Crippen molar-refractivity contribution in [3.05, 3.63) is 42.2 Å². The smallest absolute Gasteiger partial charge is 0.288 e. The molecule has 0 bridgehead atoms. The summed E-state index contributed by atoms with van der Waals surface area (Å²) in [5.41, 5.74) is 0.961. The normalized spacial score (nSPS) is 22.3. The van der Waals surface area contributed by atoms with Gasteiger partial charge < -0.3 is 10.1 Å². The summed E-state index contributed by atoms with van der Waals surface area (Å²) in [6.45, 7) is 0.612. The molecular weight excluding hydrogens is 246 g/mol. The van der Waals surface area contributed by atoms with Crippen molar-refractivity contribution in [3.8, 4) is 0 Å². The summed E-state index contributed by atoms with van der Waals surface area (Å²) in [7, 11) is 0. The van der Waals surface area contributed by atoms with E-state index in [1.807, 2.05) is 12.1 Å². The molecule has 98 valence electrons. The van der Waals surface area contributed by atoms with Crippen molar-refractivity contribution in [2.24, 2.45) is 0 Å². The first-order valence-electron chi connectivity index (χ1n) is 6.02. The number of hydrogen-bond donors (Lipinski definition) is 2. The van der Waals surface area contributed by atoms with Crippen LogP contribution in [0, 0.1) is 0 Å². The maximum atomic E-state index is 11.9. The van der Waals surface area contributed by atoms with E-state index in [0.717, 1.165) is 12.0 Å². The number of carbonyl (C=O) groups is 1. The monoisotopic (exact) mass is 259 g/mol. The molecule has 0 aromatic carbocycles. The number of nitrogens with one attached hydrogen (secondary N) is 2. The standard InChI is InChI=1S/C12H13N5O2/c18-12(11-14-7-15-17-11)16-9-3-5-19-10(9)8-2-1-4-13-6-8/h1-2,4,6-7,9-10H,3,5H2,(H,16,18)(H,14,15,17)/t9-,10+/m0/s1. The largest absolute Gasteiger partial charge is 0.371 e. The minimum atomic E-state index is -0.276. The summed E-state index contributed by atoms with van der Waals surface area (Å²) >= 11 is 0. The Morgan fingerprint density at radius 3 is 3.21 bits per heavy atom. The Morgan fingerprint density at radius 1 is 1.53 bits per heavy atom. The van der Waals surface area contributed by atoms with Crippen molar-refractivity contribution < 1.29 is 9.53 Å². The predicted molar refractivity (Wildman–Crippen MR) is 65.2 cm³/mol. The average molecular weight is 259 g/mol. The highest BCUT2D eigenvalue weighted by Crippen LogP contribution is 2.28. The van der Waals surface area contributed by atoms with Crippen LogP contribution >= 0.6 is 0 Å². The second kappa shape index (κ2) is 5.15. The molecule has 0 unspecified atom stereocenters. The highest BCUT2D eigenvalue weighted by Gasteiger charge is 2.31. The van der Waals surface area contributed by atoms with Crippen LogP contribution in [0.4, 0.5) is 0 Å². The third-order valence-corrected chi connectivity index (χ3v) is 3.05. The first kappa shape index (κ1) is 11.8. The Morgan fingerprint density at radius 2 is 2.47 bits per heavy atom. The Labute approximate surface area is 109 Å². The van der Waals surface area contributed by atoms with Crippen LogP contribution in [0.15, 0.2) is 30.9 Å². The molecule has 2 N–H and O–H groups in total. The summed E-state index contributed by atoms with van der Waals surface area (Å²) in [5, 5.41) is 9.10. The van der Waals surface area contributed by atoms with E-state index in [2.05, 4.69) is 25.5 Å². The molecule has 19 heavy (non-hydrogen) atoms. The number of pyridine rings is 1. The molecule has 1 saturated heterocycles. The van der Waals surface area contributed by atoms with E-state index in [-0.39, 0.29) is 23.9 Å². The van der Waals surface area contributed by atoms with E-state index in [9.17, 15) is 4.79 Å².